The molecule has 1 unspecified atom stereocenters. The van der Waals surface area contributed by atoms with E-state index < -0.39 is 0 Å². The van der Waals surface area contributed by atoms with Crippen LogP contribution in [0.15, 0.2) is 0 Å². The molecule has 1 saturated heterocycles. The highest BCUT2D eigenvalue weighted by atomic mass is 16.2. The topological polar surface area (TPSA) is 35.6 Å². The van der Waals surface area contributed by atoms with Crippen molar-refractivity contribution < 1.29 is 4.79 Å². The molecule has 1 fully saturated rings. The van der Waals surface area contributed by atoms with Crippen molar-refractivity contribution >= 4 is 5.91 Å². The van der Waals surface area contributed by atoms with Gasteiger partial charge in [0.25, 0.3) is 0 Å². The van der Waals surface area contributed by atoms with E-state index in [0.29, 0.717) is 11.9 Å². The van der Waals surface area contributed by atoms with Gasteiger partial charge < -0.3 is 15.1 Å². The molecule has 2 atom stereocenters. The summed E-state index contributed by atoms with van der Waals surface area (Å²) in [5, 5.41) is 3.32. The number of hydrogen-bond donors (Lipinski definition) is 1. The van der Waals surface area contributed by atoms with Crippen molar-refractivity contribution in [2.75, 3.05) is 40.3 Å². The highest BCUT2D eigenvalue weighted by Gasteiger charge is 2.27. The van der Waals surface area contributed by atoms with Crippen molar-refractivity contribution in [3.63, 3.8) is 0 Å². The first-order chi connectivity index (χ1) is 8.06. The van der Waals surface area contributed by atoms with Crippen LogP contribution in [0.1, 0.15) is 26.7 Å². The highest BCUT2D eigenvalue weighted by molar-refractivity contribution is 5.79. The molecule has 1 rings (SSSR count). The summed E-state index contributed by atoms with van der Waals surface area (Å²) >= 11 is 0. The Bertz CT molecular complexity index is 237. The Balaban J connectivity index is 2.55. The Morgan fingerprint density at radius 3 is 2.65 bits per heavy atom. The van der Waals surface area contributed by atoms with Gasteiger partial charge in [-0.2, -0.15) is 0 Å². The van der Waals surface area contributed by atoms with Gasteiger partial charge in [-0.15, -0.1) is 0 Å². The Morgan fingerprint density at radius 2 is 2.18 bits per heavy atom. The number of hydrogen-bond acceptors (Lipinski definition) is 3. The third-order valence-corrected chi connectivity index (χ3v) is 3.43. The van der Waals surface area contributed by atoms with Crippen molar-refractivity contribution in [2.45, 2.75) is 32.7 Å². The van der Waals surface area contributed by atoms with E-state index >= 15 is 0 Å². The van der Waals surface area contributed by atoms with Crippen molar-refractivity contribution in [1.29, 1.82) is 0 Å². The molecule has 1 aliphatic heterocycles. The van der Waals surface area contributed by atoms with Gasteiger partial charge in [-0.25, -0.2) is 0 Å². The van der Waals surface area contributed by atoms with E-state index in [1.165, 1.54) is 0 Å². The Hall–Kier alpha value is -0.610. The first kappa shape index (κ1) is 14.5. The molecule has 0 spiro atoms. The SMILES string of the molecule is CCN(C(=O)[C@H]1CCCNC1)C(C)CN(C)C. The van der Waals surface area contributed by atoms with Crippen molar-refractivity contribution in [2.24, 2.45) is 5.92 Å². The second-order valence-corrected chi connectivity index (χ2v) is 5.28. The van der Waals surface area contributed by atoms with Crippen LogP contribution in [0.5, 0.6) is 0 Å². The first-order valence-electron chi connectivity index (χ1n) is 6.72. The zero-order valence-electron chi connectivity index (χ0n) is 11.7. The molecular formula is C13H27N3O. The Kier molecular flexibility index (Phi) is 5.92. The fraction of sp³-hybridized carbons (Fsp3) is 0.923. The van der Waals surface area contributed by atoms with Crippen LogP contribution in [-0.2, 0) is 4.79 Å². The van der Waals surface area contributed by atoms with Crippen LogP contribution in [0.4, 0.5) is 0 Å². The largest absolute Gasteiger partial charge is 0.339 e. The zero-order valence-corrected chi connectivity index (χ0v) is 11.7. The van der Waals surface area contributed by atoms with Gasteiger partial charge in [0.15, 0.2) is 0 Å². The summed E-state index contributed by atoms with van der Waals surface area (Å²) in [6.45, 7) is 7.86. The fourth-order valence-corrected chi connectivity index (χ4v) is 2.61. The quantitative estimate of drug-likeness (QED) is 0.773. The Labute approximate surface area is 105 Å². The Morgan fingerprint density at radius 1 is 1.47 bits per heavy atom. The minimum Gasteiger partial charge on any atom is -0.339 e. The molecule has 1 aliphatic rings. The number of piperidine rings is 1. The molecule has 100 valence electrons. The number of rotatable bonds is 5. The number of carbonyl (C=O) groups excluding carboxylic acids is 1. The molecule has 1 heterocycles. The standard InChI is InChI=1S/C13H27N3O/c1-5-16(11(2)10-15(3)4)13(17)12-7-6-8-14-9-12/h11-12,14H,5-10H2,1-4H3/t11?,12-/m0/s1. The molecule has 0 aromatic rings. The van der Waals surface area contributed by atoms with E-state index in [9.17, 15) is 4.79 Å². The summed E-state index contributed by atoms with van der Waals surface area (Å²) in [5.74, 6) is 0.516. The fourth-order valence-electron chi connectivity index (χ4n) is 2.61. The van der Waals surface area contributed by atoms with Gasteiger partial charge in [0.2, 0.25) is 5.91 Å². The minimum atomic E-state index is 0.188. The first-order valence-corrected chi connectivity index (χ1v) is 6.72. The van der Waals surface area contributed by atoms with Gasteiger partial charge in [-0.3, -0.25) is 4.79 Å². The lowest BCUT2D eigenvalue weighted by Gasteiger charge is -2.34. The summed E-state index contributed by atoms with van der Waals surface area (Å²) in [6.07, 6.45) is 2.16. The van der Waals surface area contributed by atoms with Crippen LogP contribution in [0, 0.1) is 5.92 Å². The third kappa shape index (κ3) is 4.28. The van der Waals surface area contributed by atoms with E-state index in [-0.39, 0.29) is 5.92 Å². The maximum absolute atomic E-state index is 12.4. The summed E-state index contributed by atoms with van der Waals surface area (Å²) < 4.78 is 0. The average molecular weight is 241 g/mol. The molecule has 0 aliphatic carbocycles. The normalized spacial score (nSPS) is 22.5. The lowest BCUT2D eigenvalue weighted by Crippen LogP contribution is -2.49. The number of nitrogens with one attached hydrogen (secondary N) is 1. The van der Waals surface area contributed by atoms with Crippen LogP contribution in [0.25, 0.3) is 0 Å². The van der Waals surface area contributed by atoms with Crippen LogP contribution in [0.3, 0.4) is 0 Å². The second-order valence-electron chi connectivity index (χ2n) is 5.28. The van der Waals surface area contributed by atoms with Crippen molar-refractivity contribution in [3.8, 4) is 0 Å². The lowest BCUT2D eigenvalue weighted by atomic mass is 9.97. The molecule has 0 aromatic carbocycles. The number of nitrogens with zero attached hydrogens (tertiary/aromatic N) is 2. The molecule has 17 heavy (non-hydrogen) atoms. The van der Waals surface area contributed by atoms with Gasteiger partial charge in [0, 0.05) is 25.7 Å². The van der Waals surface area contributed by atoms with E-state index in [2.05, 4.69) is 38.2 Å². The van der Waals surface area contributed by atoms with Crippen LogP contribution < -0.4 is 5.32 Å². The number of amides is 1. The van der Waals surface area contributed by atoms with Crippen molar-refractivity contribution in [3.05, 3.63) is 0 Å². The predicted octanol–water partition coefficient (Wildman–Crippen LogP) is 0.785. The van der Waals surface area contributed by atoms with Crippen LogP contribution in [-0.4, -0.2) is 62.0 Å². The van der Waals surface area contributed by atoms with E-state index in [1.807, 2.05) is 4.90 Å². The van der Waals surface area contributed by atoms with Crippen LogP contribution in [0.2, 0.25) is 0 Å². The van der Waals surface area contributed by atoms with Crippen LogP contribution >= 0.6 is 0 Å². The van der Waals surface area contributed by atoms with Gasteiger partial charge in [-0.1, -0.05) is 0 Å². The summed E-state index contributed by atoms with van der Waals surface area (Å²) in [7, 11) is 4.11. The molecule has 4 nitrogen and oxygen atoms in total. The number of likely N-dealkylation sites (N-methyl/N-ethyl adjacent to an activating group) is 2. The van der Waals surface area contributed by atoms with Gasteiger partial charge in [0.05, 0.1) is 5.92 Å². The van der Waals surface area contributed by atoms with E-state index in [4.69, 9.17) is 0 Å². The van der Waals surface area contributed by atoms with Gasteiger partial charge >= 0.3 is 0 Å². The smallest absolute Gasteiger partial charge is 0.227 e. The maximum atomic E-state index is 12.4. The highest BCUT2D eigenvalue weighted by Crippen LogP contribution is 2.15. The average Bonchev–Trinajstić information content (AvgIpc) is 2.30. The minimum absolute atomic E-state index is 0.188. The maximum Gasteiger partial charge on any atom is 0.227 e. The number of carbonyl (C=O) groups is 1. The summed E-state index contributed by atoms with van der Waals surface area (Å²) in [6, 6.07) is 0.296. The second kappa shape index (κ2) is 6.97. The van der Waals surface area contributed by atoms with Crippen molar-refractivity contribution in [1.82, 2.24) is 15.1 Å². The molecule has 4 heteroatoms. The molecule has 1 N–H and O–H groups in total. The molecule has 0 saturated carbocycles. The van der Waals surface area contributed by atoms with E-state index in [0.717, 1.165) is 39.0 Å². The molecule has 0 bridgehead atoms. The molecular weight excluding hydrogens is 214 g/mol. The summed E-state index contributed by atoms with van der Waals surface area (Å²) in [5.41, 5.74) is 0. The zero-order chi connectivity index (χ0) is 12.8. The van der Waals surface area contributed by atoms with Gasteiger partial charge in [-0.05, 0) is 47.3 Å². The lowest BCUT2D eigenvalue weighted by molar-refractivity contribution is -0.138. The predicted molar refractivity (Wildman–Crippen MR) is 71.0 cm³/mol. The monoisotopic (exact) mass is 241 g/mol. The molecule has 0 aromatic heterocycles. The third-order valence-electron chi connectivity index (χ3n) is 3.43. The van der Waals surface area contributed by atoms with Gasteiger partial charge in [0.1, 0.15) is 0 Å². The van der Waals surface area contributed by atoms with E-state index in [1.54, 1.807) is 0 Å². The summed E-state index contributed by atoms with van der Waals surface area (Å²) in [4.78, 5) is 16.6. The molecule has 1 amide bonds. The molecule has 0 radical (unpaired) electrons.